The average molecular weight is 713 g/mol. The van der Waals surface area contributed by atoms with Crippen LogP contribution in [0.25, 0.3) is 0 Å². The fraction of sp³-hybridized carbons (Fsp3) is 0.583. The molecule has 4 aliphatic heterocycles. The van der Waals surface area contributed by atoms with Crippen LogP contribution in [0.2, 0.25) is 0 Å². The summed E-state index contributed by atoms with van der Waals surface area (Å²) < 4.78 is 5.43. The Morgan fingerprint density at radius 3 is 2.26 bits per heavy atom. The quantitative estimate of drug-likeness (QED) is 0.388. The van der Waals surface area contributed by atoms with Gasteiger partial charge in [0.15, 0.2) is 0 Å². The van der Waals surface area contributed by atoms with E-state index in [0.717, 1.165) is 56.4 Å². The average Bonchev–Trinajstić information content (AvgIpc) is 3.28. The number of anilines is 1. The lowest BCUT2D eigenvalue weighted by Gasteiger charge is -2.40. The first kappa shape index (κ1) is 35.0. The molecule has 256 valence electrons. The van der Waals surface area contributed by atoms with Crippen LogP contribution >= 0.6 is 15.9 Å². The number of hydrogen-bond acceptors (Lipinski definition) is 6. The Morgan fingerprint density at radius 2 is 1.57 bits per heavy atom. The zero-order chi connectivity index (χ0) is 33.3. The van der Waals surface area contributed by atoms with E-state index >= 15 is 0 Å². The number of phenols is 1. The zero-order valence-corrected chi connectivity index (χ0v) is 29.4. The van der Waals surface area contributed by atoms with Crippen molar-refractivity contribution in [3.05, 3.63) is 58.1 Å². The monoisotopic (exact) mass is 711 g/mol. The molecule has 0 unspecified atom stereocenters. The number of carbonyl (C=O) groups is 3. The van der Waals surface area contributed by atoms with Gasteiger partial charge in [0.2, 0.25) is 5.91 Å². The number of urea groups is 1. The van der Waals surface area contributed by atoms with E-state index in [9.17, 15) is 19.5 Å². The molecule has 4 amide bonds. The van der Waals surface area contributed by atoms with Crippen LogP contribution in [-0.4, -0.2) is 108 Å². The Hall–Kier alpha value is -3.31. The van der Waals surface area contributed by atoms with Crippen molar-refractivity contribution in [1.29, 1.82) is 0 Å². The number of rotatable bonds is 5. The molecule has 1 atom stereocenters. The standard InChI is InChI=1S/C20H29BrN2O2.C16H21N3O3/c1-15(13-16-5-6-19(24)18(21)14-16)20(25)23-11-7-17(8-12-23)22-9-3-2-4-10-22;1-22-16(21)18-9-7-13(8-10-18)19-11-6-12-4-2-3-5-14(12)17-15(19)20/h5-6,14-15,17,24H,2-4,7-13H2,1H3;2-5,13H,6-11H2,1H3,(H,17,20)/t15-;/m1./s1. The van der Waals surface area contributed by atoms with Gasteiger partial charge in [0.05, 0.1) is 11.6 Å². The van der Waals surface area contributed by atoms with Crippen molar-refractivity contribution < 1.29 is 24.2 Å². The third-order valence-electron chi connectivity index (χ3n) is 10.1. The molecular weight excluding hydrogens is 662 g/mol. The van der Waals surface area contributed by atoms with Crippen LogP contribution in [-0.2, 0) is 22.4 Å². The minimum Gasteiger partial charge on any atom is -0.507 e. The van der Waals surface area contributed by atoms with Gasteiger partial charge in [0, 0.05) is 56.4 Å². The molecule has 2 aromatic rings. The number of phenolic OH excluding ortho intramolecular Hbond substituents is 1. The number of carbonyl (C=O) groups excluding carboxylic acids is 3. The van der Waals surface area contributed by atoms with Gasteiger partial charge in [0.25, 0.3) is 0 Å². The number of fused-ring (bicyclic) bond motifs is 1. The summed E-state index contributed by atoms with van der Waals surface area (Å²) in [5.41, 5.74) is 3.15. The molecule has 2 aromatic carbocycles. The molecule has 0 aromatic heterocycles. The largest absolute Gasteiger partial charge is 0.507 e. The van der Waals surface area contributed by atoms with E-state index in [1.165, 1.54) is 45.0 Å². The molecule has 0 spiro atoms. The molecule has 4 aliphatic rings. The van der Waals surface area contributed by atoms with Crippen molar-refractivity contribution in [2.24, 2.45) is 5.92 Å². The highest BCUT2D eigenvalue weighted by molar-refractivity contribution is 9.10. The minimum atomic E-state index is -0.286. The number of benzene rings is 2. The molecule has 47 heavy (non-hydrogen) atoms. The van der Waals surface area contributed by atoms with Crippen molar-refractivity contribution >= 4 is 39.6 Å². The number of amides is 4. The Kier molecular flexibility index (Phi) is 12.4. The van der Waals surface area contributed by atoms with Gasteiger partial charge >= 0.3 is 12.1 Å². The van der Waals surface area contributed by atoms with Crippen molar-refractivity contribution in [1.82, 2.24) is 19.6 Å². The normalized spacial score (nSPS) is 20.3. The van der Waals surface area contributed by atoms with Gasteiger partial charge in [-0.1, -0.05) is 37.6 Å². The molecule has 3 fully saturated rings. The number of para-hydroxylation sites is 1. The Labute approximate surface area is 287 Å². The second-order valence-electron chi connectivity index (χ2n) is 13.3. The summed E-state index contributed by atoms with van der Waals surface area (Å²) in [5.74, 6) is 0.479. The highest BCUT2D eigenvalue weighted by Crippen LogP contribution is 2.27. The van der Waals surface area contributed by atoms with Crippen LogP contribution in [0.4, 0.5) is 15.3 Å². The number of likely N-dealkylation sites (tertiary alicyclic amines) is 3. The molecule has 4 heterocycles. The van der Waals surface area contributed by atoms with E-state index in [-0.39, 0.29) is 35.7 Å². The summed E-state index contributed by atoms with van der Waals surface area (Å²) >= 11 is 3.34. The number of methoxy groups -OCH3 is 1. The number of aromatic hydroxyl groups is 1. The molecule has 3 saturated heterocycles. The van der Waals surface area contributed by atoms with Gasteiger partial charge in [0.1, 0.15) is 5.75 Å². The van der Waals surface area contributed by atoms with Crippen LogP contribution in [0.3, 0.4) is 0 Å². The van der Waals surface area contributed by atoms with Crippen molar-refractivity contribution in [3.63, 3.8) is 0 Å². The smallest absolute Gasteiger partial charge is 0.409 e. The Balaban J connectivity index is 0.000000186. The lowest BCUT2D eigenvalue weighted by molar-refractivity contribution is -0.136. The fourth-order valence-electron chi connectivity index (χ4n) is 7.39. The second-order valence-corrected chi connectivity index (χ2v) is 14.1. The van der Waals surface area contributed by atoms with Crippen LogP contribution < -0.4 is 5.32 Å². The Morgan fingerprint density at radius 1 is 0.915 bits per heavy atom. The molecule has 0 saturated carbocycles. The first-order valence-electron chi connectivity index (χ1n) is 17.2. The zero-order valence-electron chi connectivity index (χ0n) is 27.8. The molecule has 0 aliphatic carbocycles. The molecule has 6 rings (SSSR count). The van der Waals surface area contributed by atoms with Gasteiger partial charge in [-0.25, -0.2) is 9.59 Å². The fourth-order valence-corrected chi connectivity index (χ4v) is 7.82. The molecule has 11 heteroatoms. The van der Waals surface area contributed by atoms with E-state index in [4.69, 9.17) is 4.74 Å². The number of nitrogens with zero attached hydrogens (tertiary/aromatic N) is 4. The van der Waals surface area contributed by atoms with E-state index < -0.39 is 0 Å². The first-order valence-corrected chi connectivity index (χ1v) is 18.0. The van der Waals surface area contributed by atoms with Gasteiger partial charge in [-0.15, -0.1) is 0 Å². The van der Waals surface area contributed by atoms with E-state index in [1.54, 1.807) is 11.0 Å². The highest BCUT2D eigenvalue weighted by atomic mass is 79.9. The van der Waals surface area contributed by atoms with Crippen molar-refractivity contribution in [2.45, 2.75) is 76.8 Å². The number of halogens is 1. The number of nitrogens with one attached hydrogen (secondary N) is 1. The number of ether oxygens (including phenoxy) is 1. The molecule has 10 nitrogen and oxygen atoms in total. The van der Waals surface area contributed by atoms with E-state index in [1.807, 2.05) is 42.2 Å². The summed E-state index contributed by atoms with van der Waals surface area (Å²) in [6, 6.07) is 14.2. The minimum absolute atomic E-state index is 0.0250. The summed E-state index contributed by atoms with van der Waals surface area (Å²) in [6.07, 6.45) is 9.13. The Bertz CT molecular complexity index is 1370. The topological polar surface area (TPSA) is 106 Å². The summed E-state index contributed by atoms with van der Waals surface area (Å²) in [4.78, 5) is 45.1. The summed E-state index contributed by atoms with van der Waals surface area (Å²) in [7, 11) is 1.40. The third-order valence-corrected chi connectivity index (χ3v) is 10.8. The number of hydrogen-bond donors (Lipinski definition) is 2. The maximum Gasteiger partial charge on any atom is 0.409 e. The molecule has 2 N–H and O–H groups in total. The van der Waals surface area contributed by atoms with E-state index in [0.29, 0.717) is 36.6 Å². The van der Waals surface area contributed by atoms with Crippen LogP contribution in [0, 0.1) is 5.92 Å². The third kappa shape index (κ3) is 9.19. The van der Waals surface area contributed by atoms with Crippen LogP contribution in [0.1, 0.15) is 63.0 Å². The molecule has 0 radical (unpaired) electrons. The van der Waals surface area contributed by atoms with Crippen LogP contribution in [0.15, 0.2) is 46.9 Å². The van der Waals surface area contributed by atoms with Gasteiger partial charge in [-0.3, -0.25) is 4.79 Å². The van der Waals surface area contributed by atoms with Gasteiger partial charge < -0.3 is 34.8 Å². The maximum absolute atomic E-state index is 12.8. The van der Waals surface area contributed by atoms with Crippen molar-refractivity contribution in [2.75, 3.05) is 58.2 Å². The predicted molar refractivity (Wildman–Crippen MR) is 187 cm³/mol. The van der Waals surface area contributed by atoms with Crippen LogP contribution in [0.5, 0.6) is 5.75 Å². The second kappa shape index (κ2) is 16.7. The summed E-state index contributed by atoms with van der Waals surface area (Å²) in [5, 5.41) is 12.6. The molecular formula is C36H50BrN5O5. The SMILES string of the molecule is COC(=O)N1CCC(N2CCc3ccccc3NC2=O)CC1.C[C@H](Cc1ccc(O)c(Br)c1)C(=O)N1CCC(N2CCCCC2)CC1. The van der Waals surface area contributed by atoms with Gasteiger partial charge in [-0.05, 0) is 110 Å². The van der Waals surface area contributed by atoms with Gasteiger partial charge in [-0.2, -0.15) is 0 Å². The first-order chi connectivity index (χ1) is 22.7. The lowest BCUT2D eigenvalue weighted by atomic mass is 9.96. The summed E-state index contributed by atoms with van der Waals surface area (Å²) in [6.45, 7) is 8.26. The molecule has 0 bridgehead atoms. The lowest BCUT2D eigenvalue weighted by Crippen LogP contribution is -2.50. The maximum atomic E-state index is 12.8. The highest BCUT2D eigenvalue weighted by Gasteiger charge is 2.32. The number of piperidine rings is 3. The predicted octanol–water partition coefficient (Wildman–Crippen LogP) is 6.12. The van der Waals surface area contributed by atoms with E-state index in [2.05, 4.69) is 37.1 Å². The van der Waals surface area contributed by atoms with Crippen molar-refractivity contribution in [3.8, 4) is 5.75 Å².